The van der Waals surface area contributed by atoms with Crippen molar-refractivity contribution in [2.24, 2.45) is 0 Å². The lowest BCUT2D eigenvalue weighted by Crippen LogP contribution is -2.59. The molecule has 4 rings (SSSR count). The summed E-state index contributed by atoms with van der Waals surface area (Å²) in [5.74, 6) is 0.976. The number of likely N-dealkylation sites (tertiary alicyclic amines) is 1. The van der Waals surface area contributed by atoms with Crippen LogP contribution in [0.2, 0.25) is 0 Å². The molecule has 0 aromatic heterocycles. The lowest BCUT2D eigenvalue weighted by atomic mass is 9.85. The molecule has 0 radical (unpaired) electrons. The van der Waals surface area contributed by atoms with E-state index in [1.54, 1.807) is 7.11 Å². The maximum Gasteiger partial charge on any atom is 0.119 e. The second kappa shape index (κ2) is 7.65. The van der Waals surface area contributed by atoms with Crippen LogP contribution in [0.5, 0.6) is 5.75 Å². The summed E-state index contributed by atoms with van der Waals surface area (Å²) >= 11 is 0. The van der Waals surface area contributed by atoms with Crippen molar-refractivity contribution in [2.75, 3.05) is 40.0 Å². The highest BCUT2D eigenvalue weighted by atomic mass is 16.5. The van der Waals surface area contributed by atoms with Gasteiger partial charge < -0.3 is 14.8 Å². The molecule has 2 fully saturated rings. The number of benzene rings is 1. The van der Waals surface area contributed by atoms with Crippen LogP contribution in [0.1, 0.15) is 55.7 Å². The minimum atomic E-state index is 0.292. The normalized spacial score (nSPS) is 26.4. The van der Waals surface area contributed by atoms with Gasteiger partial charge in [-0.1, -0.05) is 12.5 Å². The second-order valence-corrected chi connectivity index (χ2v) is 7.92. The fourth-order valence-electron chi connectivity index (χ4n) is 4.96. The van der Waals surface area contributed by atoms with E-state index in [2.05, 4.69) is 28.4 Å². The van der Waals surface area contributed by atoms with Gasteiger partial charge in [0, 0.05) is 31.3 Å². The van der Waals surface area contributed by atoms with Crippen molar-refractivity contribution >= 4 is 0 Å². The standard InChI is InChI=1S/C21H32N2O2/c1-24-18-7-5-17-6-8-20(19(17)15-18)22-16-21(9-13-25-14-10-21)23-11-3-2-4-12-23/h5,7,15,20,22H,2-4,6,8-14,16H2,1H3. The van der Waals surface area contributed by atoms with Gasteiger partial charge in [0.2, 0.25) is 0 Å². The molecular weight excluding hydrogens is 312 g/mol. The lowest BCUT2D eigenvalue weighted by Gasteiger charge is -2.48. The molecule has 2 aliphatic heterocycles. The first kappa shape index (κ1) is 17.3. The second-order valence-electron chi connectivity index (χ2n) is 7.92. The molecule has 3 aliphatic rings. The minimum absolute atomic E-state index is 0.292. The fourth-order valence-corrected chi connectivity index (χ4v) is 4.96. The van der Waals surface area contributed by atoms with Crippen LogP contribution in [0.3, 0.4) is 0 Å². The van der Waals surface area contributed by atoms with Crippen molar-refractivity contribution in [1.29, 1.82) is 0 Å². The third-order valence-corrected chi connectivity index (χ3v) is 6.56. The third kappa shape index (κ3) is 3.57. The molecule has 1 aliphatic carbocycles. The smallest absolute Gasteiger partial charge is 0.119 e. The summed E-state index contributed by atoms with van der Waals surface area (Å²) in [6.45, 7) is 5.42. The van der Waals surface area contributed by atoms with E-state index in [0.717, 1.165) is 38.3 Å². The molecule has 25 heavy (non-hydrogen) atoms. The van der Waals surface area contributed by atoms with Crippen LogP contribution in [0.15, 0.2) is 18.2 Å². The number of methoxy groups -OCH3 is 1. The molecule has 0 spiro atoms. The average Bonchev–Trinajstić information content (AvgIpc) is 3.10. The molecule has 2 saturated heterocycles. The van der Waals surface area contributed by atoms with Crippen LogP contribution in [0, 0.1) is 0 Å². The van der Waals surface area contributed by atoms with Crippen LogP contribution in [-0.4, -0.2) is 50.4 Å². The van der Waals surface area contributed by atoms with E-state index in [0.29, 0.717) is 11.6 Å². The minimum Gasteiger partial charge on any atom is -0.497 e. The molecule has 4 heteroatoms. The topological polar surface area (TPSA) is 33.7 Å². The zero-order valence-corrected chi connectivity index (χ0v) is 15.6. The highest BCUT2D eigenvalue weighted by molar-refractivity contribution is 5.40. The summed E-state index contributed by atoms with van der Waals surface area (Å²) in [6.07, 6.45) is 8.81. The van der Waals surface area contributed by atoms with Crippen LogP contribution in [-0.2, 0) is 11.2 Å². The number of aryl methyl sites for hydroxylation is 1. The molecule has 1 N–H and O–H groups in total. The summed E-state index contributed by atoms with van der Waals surface area (Å²) < 4.78 is 11.1. The van der Waals surface area contributed by atoms with Gasteiger partial charge in [-0.3, -0.25) is 4.90 Å². The highest BCUT2D eigenvalue weighted by Gasteiger charge is 2.39. The molecule has 0 saturated carbocycles. The van der Waals surface area contributed by atoms with Crippen LogP contribution in [0.4, 0.5) is 0 Å². The van der Waals surface area contributed by atoms with Crippen molar-refractivity contribution in [1.82, 2.24) is 10.2 Å². The van der Waals surface area contributed by atoms with Crippen molar-refractivity contribution in [2.45, 2.75) is 56.5 Å². The Labute approximate surface area is 151 Å². The van der Waals surface area contributed by atoms with Crippen molar-refractivity contribution in [3.63, 3.8) is 0 Å². The summed E-state index contributed by atoms with van der Waals surface area (Å²) in [5.41, 5.74) is 3.22. The highest BCUT2D eigenvalue weighted by Crippen LogP contribution is 2.36. The maximum absolute atomic E-state index is 5.70. The first-order valence-electron chi connectivity index (χ1n) is 10.0. The molecule has 1 atom stereocenters. The number of hydrogen-bond acceptors (Lipinski definition) is 4. The number of nitrogens with one attached hydrogen (secondary N) is 1. The maximum atomic E-state index is 5.70. The Morgan fingerprint density at radius 1 is 1.20 bits per heavy atom. The third-order valence-electron chi connectivity index (χ3n) is 6.56. The van der Waals surface area contributed by atoms with E-state index in [9.17, 15) is 0 Å². The summed E-state index contributed by atoms with van der Waals surface area (Å²) in [6, 6.07) is 7.03. The molecule has 0 amide bonds. The number of nitrogens with zero attached hydrogens (tertiary/aromatic N) is 1. The van der Waals surface area contributed by atoms with Gasteiger partial charge in [0.1, 0.15) is 5.75 Å². The van der Waals surface area contributed by atoms with Gasteiger partial charge >= 0.3 is 0 Å². The summed E-state index contributed by atoms with van der Waals surface area (Å²) in [5, 5.41) is 3.94. The first-order valence-corrected chi connectivity index (χ1v) is 10.0. The van der Waals surface area contributed by atoms with Gasteiger partial charge in [-0.2, -0.15) is 0 Å². The Morgan fingerprint density at radius 2 is 2.00 bits per heavy atom. The number of hydrogen-bond donors (Lipinski definition) is 1. The Morgan fingerprint density at radius 3 is 2.76 bits per heavy atom. The fraction of sp³-hybridized carbons (Fsp3) is 0.714. The SMILES string of the molecule is COc1ccc2c(c1)C(NCC1(N3CCCCC3)CCOCC1)CC2. The zero-order chi connectivity index (χ0) is 17.1. The van der Waals surface area contributed by atoms with Crippen molar-refractivity contribution < 1.29 is 9.47 Å². The van der Waals surface area contributed by atoms with Gasteiger partial charge in [-0.25, -0.2) is 0 Å². The van der Waals surface area contributed by atoms with E-state index >= 15 is 0 Å². The Kier molecular flexibility index (Phi) is 5.30. The largest absolute Gasteiger partial charge is 0.497 e. The quantitative estimate of drug-likeness (QED) is 0.888. The number of fused-ring (bicyclic) bond motifs is 1. The van der Waals surface area contributed by atoms with Gasteiger partial charge in [0.05, 0.1) is 7.11 Å². The van der Waals surface area contributed by atoms with Gasteiger partial charge in [0.15, 0.2) is 0 Å². The van der Waals surface area contributed by atoms with Crippen LogP contribution < -0.4 is 10.1 Å². The number of piperidine rings is 1. The molecule has 4 nitrogen and oxygen atoms in total. The van der Waals surface area contributed by atoms with Crippen molar-refractivity contribution in [3.8, 4) is 5.75 Å². The van der Waals surface area contributed by atoms with E-state index in [1.807, 2.05) is 0 Å². The van der Waals surface area contributed by atoms with Crippen molar-refractivity contribution in [3.05, 3.63) is 29.3 Å². The average molecular weight is 344 g/mol. The van der Waals surface area contributed by atoms with E-state index in [4.69, 9.17) is 9.47 Å². The lowest BCUT2D eigenvalue weighted by molar-refractivity contribution is -0.0368. The molecule has 1 unspecified atom stereocenters. The predicted molar refractivity (Wildman–Crippen MR) is 100 cm³/mol. The molecule has 1 aromatic rings. The molecule has 0 bridgehead atoms. The van der Waals surface area contributed by atoms with Crippen LogP contribution >= 0.6 is 0 Å². The Balaban J connectivity index is 1.47. The first-order chi connectivity index (χ1) is 12.3. The Bertz CT molecular complexity index is 577. The van der Waals surface area contributed by atoms with Gasteiger partial charge in [0.25, 0.3) is 0 Å². The number of rotatable bonds is 5. The zero-order valence-electron chi connectivity index (χ0n) is 15.6. The molecule has 2 heterocycles. The van der Waals surface area contributed by atoms with E-state index in [1.165, 1.54) is 56.3 Å². The molecule has 1 aromatic carbocycles. The monoisotopic (exact) mass is 344 g/mol. The molecule has 138 valence electrons. The summed E-state index contributed by atoms with van der Waals surface area (Å²) in [4.78, 5) is 2.77. The Hall–Kier alpha value is -1.10. The number of ether oxygens (including phenoxy) is 2. The molecular formula is C21H32N2O2. The van der Waals surface area contributed by atoms with E-state index < -0.39 is 0 Å². The summed E-state index contributed by atoms with van der Waals surface area (Å²) in [7, 11) is 1.76. The van der Waals surface area contributed by atoms with Gasteiger partial charge in [-0.15, -0.1) is 0 Å². The van der Waals surface area contributed by atoms with E-state index in [-0.39, 0.29) is 0 Å². The van der Waals surface area contributed by atoms with Crippen LogP contribution in [0.25, 0.3) is 0 Å². The van der Waals surface area contributed by atoms with Gasteiger partial charge in [-0.05, 0) is 74.9 Å². The predicted octanol–water partition coefficient (Wildman–Crippen LogP) is 3.31.